The number of epoxide rings is 1. The lowest BCUT2D eigenvalue weighted by molar-refractivity contribution is 0.0946. The zero-order valence-corrected chi connectivity index (χ0v) is 9.52. The van der Waals surface area contributed by atoms with E-state index in [-0.39, 0.29) is 12.0 Å². The normalized spacial score (nSPS) is 22.0. The Bertz CT molecular complexity index is 424. The molecule has 1 saturated carbocycles. The lowest BCUT2D eigenvalue weighted by atomic mass is 10.2. The summed E-state index contributed by atoms with van der Waals surface area (Å²) < 4.78 is 10.7. The Balaban J connectivity index is 1.68. The van der Waals surface area contributed by atoms with Crippen LogP contribution in [-0.4, -0.2) is 31.3 Å². The maximum absolute atomic E-state index is 12.0. The predicted octanol–water partition coefficient (Wildman–Crippen LogP) is 1.36. The van der Waals surface area contributed by atoms with Crippen molar-refractivity contribution in [2.45, 2.75) is 25.0 Å². The summed E-state index contributed by atoms with van der Waals surface area (Å²) in [6.45, 7) is 1.28. The first-order chi connectivity index (χ1) is 8.33. The van der Waals surface area contributed by atoms with Gasteiger partial charge in [0.25, 0.3) is 5.91 Å². The van der Waals surface area contributed by atoms with Crippen molar-refractivity contribution in [2.75, 3.05) is 13.2 Å². The van der Waals surface area contributed by atoms with Gasteiger partial charge < -0.3 is 14.8 Å². The van der Waals surface area contributed by atoms with Gasteiger partial charge in [-0.3, -0.25) is 4.79 Å². The maximum Gasteiger partial charge on any atom is 0.255 e. The van der Waals surface area contributed by atoms with Gasteiger partial charge in [0, 0.05) is 6.04 Å². The molecular weight excluding hydrogens is 218 g/mol. The molecule has 0 radical (unpaired) electrons. The van der Waals surface area contributed by atoms with Crippen molar-refractivity contribution < 1.29 is 14.3 Å². The Morgan fingerprint density at radius 3 is 2.88 bits per heavy atom. The molecule has 0 unspecified atom stereocenters. The molecule has 1 aliphatic carbocycles. The third kappa shape index (κ3) is 2.77. The van der Waals surface area contributed by atoms with Crippen LogP contribution in [0.4, 0.5) is 0 Å². The van der Waals surface area contributed by atoms with E-state index >= 15 is 0 Å². The van der Waals surface area contributed by atoms with E-state index in [2.05, 4.69) is 5.32 Å². The van der Waals surface area contributed by atoms with Crippen LogP contribution < -0.4 is 10.1 Å². The molecule has 1 amide bonds. The van der Waals surface area contributed by atoms with Gasteiger partial charge in [0.2, 0.25) is 0 Å². The van der Waals surface area contributed by atoms with E-state index < -0.39 is 0 Å². The summed E-state index contributed by atoms with van der Waals surface area (Å²) in [5.41, 5.74) is 0.611. The number of carbonyl (C=O) groups is 1. The molecule has 4 heteroatoms. The van der Waals surface area contributed by atoms with Crippen LogP contribution in [0.15, 0.2) is 24.3 Å². The van der Waals surface area contributed by atoms with E-state index in [1.807, 2.05) is 18.2 Å². The van der Waals surface area contributed by atoms with Gasteiger partial charge in [-0.1, -0.05) is 12.1 Å². The zero-order chi connectivity index (χ0) is 11.7. The molecular formula is C13H15NO3. The van der Waals surface area contributed by atoms with Crippen molar-refractivity contribution in [3.63, 3.8) is 0 Å². The lowest BCUT2D eigenvalue weighted by Crippen LogP contribution is -2.26. The summed E-state index contributed by atoms with van der Waals surface area (Å²) in [6, 6.07) is 7.70. The number of nitrogens with one attached hydrogen (secondary N) is 1. The first kappa shape index (κ1) is 10.6. The van der Waals surface area contributed by atoms with E-state index in [9.17, 15) is 4.79 Å². The standard InChI is InChI=1S/C13H15NO3/c15-13(14-9-5-6-9)11-3-1-2-4-12(11)17-8-10-7-16-10/h1-4,9-10H,5-8H2,(H,14,15)/t10-/m0/s1. The fourth-order valence-electron chi connectivity index (χ4n) is 1.62. The van der Waals surface area contributed by atoms with Gasteiger partial charge in [0.05, 0.1) is 12.2 Å². The Hall–Kier alpha value is -1.55. The molecule has 0 spiro atoms. The van der Waals surface area contributed by atoms with Crippen LogP contribution in [0.1, 0.15) is 23.2 Å². The van der Waals surface area contributed by atoms with Gasteiger partial charge in [-0.15, -0.1) is 0 Å². The van der Waals surface area contributed by atoms with E-state index in [1.165, 1.54) is 0 Å². The van der Waals surface area contributed by atoms with Gasteiger partial charge in [0.1, 0.15) is 18.5 Å². The quantitative estimate of drug-likeness (QED) is 0.781. The van der Waals surface area contributed by atoms with E-state index in [1.54, 1.807) is 6.07 Å². The second-order valence-electron chi connectivity index (χ2n) is 4.51. The third-order valence-electron chi connectivity index (χ3n) is 2.87. The van der Waals surface area contributed by atoms with Crippen LogP contribution in [0.3, 0.4) is 0 Å². The molecule has 1 N–H and O–H groups in total. The topological polar surface area (TPSA) is 50.9 Å². The fourth-order valence-corrected chi connectivity index (χ4v) is 1.62. The van der Waals surface area contributed by atoms with Gasteiger partial charge in [-0.25, -0.2) is 0 Å². The number of hydrogen-bond acceptors (Lipinski definition) is 3. The van der Waals surface area contributed by atoms with Crippen molar-refractivity contribution in [3.8, 4) is 5.75 Å². The van der Waals surface area contributed by atoms with Gasteiger partial charge >= 0.3 is 0 Å². The molecule has 3 rings (SSSR count). The fraction of sp³-hybridized carbons (Fsp3) is 0.462. The second kappa shape index (κ2) is 4.37. The SMILES string of the molecule is O=C(NC1CC1)c1ccccc1OC[C@@H]1CO1. The smallest absolute Gasteiger partial charge is 0.255 e. The van der Waals surface area contributed by atoms with Gasteiger partial charge in [-0.2, -0.15) is 0 Å². The summed E-state index contributed by atoms with van der Waals surface area (Å²) in [5.74, 6) is 0.598. The number of benzene rings is 1. The number of para-hydroxylation sites is 1. The zero-order valence-electron chi connectivity index (χ0n) is 9.52. The van der Waals surface area contributed by atoms with Crippen LogP contribution in [0.5, 0.6) is 5.75 Å². The number of carbonyl (C=O) groups excluding carboxylic acids is 1. The van der Waals surface area contributed by atoms with Crippen molar-refractivity contribution in [1.82, 2.24) is 5.32 Å². The molecule has 1 saturated heterocycles. The Morgan fingerprint density at radius 2 is 2.18 bits per heavy atom. The molecule has 1 atom stereocenters. The number of amides is 1. The van der Waals surface area contributed by atoms with E-state index in [0.717, 1.165) is 19.4 Å². The van der Waals surface area contributed by atoms with Crippen LogP contribution in [-0.2, 0) is 4.74 Å². The summed E-state index contributed by atoms with van der Waals surface area (Å²) in [7, 11) is 0. The van der Waals surface area contributed by atoms with Crippen molar-refractivity contribution in [3.05, 3.63) is 29.8 Å². The molecule has 1 aliphatic heterocycles. The molecule has 4 nitrogen and oxygen atoms in total. The summed E-state index contributed by atoms with van der Waals surface area (Å²) in [6.07, 6.45) is 2.38. The molecule has 2 aliphatic rings. The van der Waals surface area contributed by atoms with E-state index in [4.69, 9.17) is 9.47 Å². The highest BCUT2D eigenvalue weighted by Crippen LogP contribution is 2.23. The van der Waals surface area contributed by atoms with Crippen molar-refractivity contribution in [1.29, 1.82) is 0 Å². The second-order valence-corrected chi connectivity index (χ2v) is 4.51. The maximum atomic E-state index is 12.0. The van der Waals surface area contributed by atoms with Crippen molar-refractivity contribution in [2.24, 2.45) is 0 Å². The first-order valence-corrected chi connectivity index (χ1v) is 5.97. The number of hydrogen-bond donors (Lipinski definition) is 1. The summed E-state index contributed by atoms with van der Waals surface area (Å²) >= 11 is 0. The minimum absolute atomic E-state index is 0.0418. The predicted molar refractivity (Wildman–Crippen MR) is 62.2 cm³/mol. The monoisotopic (exact) mass is 233 g/mol. The Kier molecular flexibility index (Phi) is 2.73. The minimum atomic E-state index is -0.0418. The molecule has 17 heavy (non-hydrogen) atoms. The van der Waals surface area contributed by atoms with Crippen LogP contribution >= 0.6 is 0 Å². The van der Waals surface area contributed by atoms with Gasteiger partial charge in [0.15, 0.2) is 0 Å². The first-order valence-electron chi connectivity index (χ1n) is 5.97. The number of ether oxygens (including phenoxy) is 2. The summed E-state index contributed by atoms with van der Waals surface area (Å²) in [5, 5.41) is 2.96. The Morgan fingerprint density at radius 1 is 1.41 bits per heavy atom. The summed E-state index contributed by atoms with van der Waals surface area (Å²) in [4.78, 5) is 12.0. The lowest BCUT2D eigenvalue weighted by Gasteiger charge is -2.10. The Labute approximate surface area is 99.9 Å². The van der Waals surface area contributed by atoms with Crippen molar-refractivity contribution >= 4 is 5.91 Å². The average Bonchev–Trinajstić information content (AvgIpc) is 3.21. The largest absolute Gasteiger partial charge is 0.490 e. The van der Waals surface area contributed by atoms with Crippen LogP contribution in [0.2, 0.25) is 0 Å². The third-order valence-corrected chi connectivity index (χ3v) is 2.87. The molecule has 0 aromatic heterocycles. The highest BCUT2D eigenvalue weighted by atomic mass is 16.6. The molecule has 1 aromatic rings. The highest BCUT2D eigenvalue weighted by Gasteiger charge is 2.26. The van der Waals surface area contributed by atoms with Crippen LogP contribution in [0, 0.1) is 0 Å². The molecule has 1 aromatic carbocycles. The molecule has 0 bridgehead atoms. The molecule has 1 heterocycles. The molecule has 90 valence electrons. The molecule has 2 fully saturated rings. The number of rotatable bonds is 5. The highest BCUT2D eigenvalue weighted by molar-refractivity contribution is 5.97. The van der Waals surface area contributed by atoms with E-state index in [0.29, 0.717) is 24.0 Å². The van der Waals surface area contributed by atoms with Crippen LogP contribution in [0.25, 0.3) is 0 Å². The minimum Gasteiger partial charge on any atom is -0.490 e. The average molecular weight is 233 g/mol. The van der Waals surface area contributed by atoms with Gasteiger partial charge in [-0.05, 0) is 25.0 Å².